The van der Waals surface area contributed by atoms with Crippen LogP contribution < -0.4 is 4.74 Å². The molecule has 1 fully saturated rings. The second kappa shape index (κ2) is 15.0. The zero-order chi connectivity index (χ0) is 30.2. The molecule has 230 valence electrons. The number of nitrogens with zero attached hydrogens (tertiary/aromatic N) is 4. The van der Waals surface area contributed by atoms with Crippen LogP contribution in [0.2, 0.25) is 0 Å². The first kappa shape index (κ1) is 32.9. The smallest absolute Gasteiger partial charge is 0.308 e. The average Bonchev–Trinajstić information content (AvgIpc) is 3.52. The van der Waals surface area contributed by atoms with Crippen LogP contribution in [0.3, 0.4) is 0 Å². The standard InChI is InChI=1S/C32H52N4O5/c1-7-9-16-34(17-10-11-19-36(4,5)6)30(38)23-35-22-27(25-12-13-29-26(21-25)15-20-41-29)31(32(39)40)28(35)14-18-33(8-2)24(3)37/h12-13,21,27-28,31H,7-11,14-20,22-23H2,1-6H3/p+1/t27-,28+,31?/m1/s1. The Morgan fingerprint density at radius 3 is 2.41 bits per heavy atom. The van der Waals surface area contributed by atoms with E-state index >= 15 is 0 Å². The van der Waals surface area contributed by atoms with E-state index < -0.39 is 11.9 Å². The highest BCUT2D eigenvalue weighted by atomic mass is 16.5. The molecule has 0 bridgehead atoms. The predicted molar refractivity (Wildman–Crippen MR) is 161 cm³/mol. The molecule has 3 atom stereocenters. The fourth-order valence-electron chi connectivity index (χ4n) is 6.33. The number of hydrogen-bond donors (Lipinski definition) is 1. The summed E-state index contributed by atoms with van der Waals surface area (Å²) in [5.74, 6) is -0.825. The molecule has 41 heavy (non-hydrogen) atoms. The van der Waals surface area contributed by atoms with Crippen molar-refractivity contribution in [3.8, 4) is 5.75 Å². The first-order valence-electron chi connectivity index (χ1n) is 15.5. The van der Waals surface area contributed by atoms with E-state index in [1.54, 1.807) is 11.8 Å². The van der Waals surface area contributed by atoms with Gasteiger partial charge in [-0.15, -0.1) is 0 Å². The maximum Gasteiger partial charge on any atom is 0.308 e. The summed E-state index contributed by atoms with van der Waals surface area (Å²) in [6.07, 6.45) is 5.31. The Kier molecular flexibility index (Phi) is 12.0. The molecule has 2 aliphatic heterocycles. The van der Waals surface area contributed by atoms with Gasteiger partial charge in [0.05, 0.1) is 46.8 Å². The normalized spacial score (nSPS) is 20.5. The fourth-order valence-corrected chi connectivity index (χ4v) is 6.33. The molecule has 0 aliphatic carbocycles. The molecule has 3 rings (SSSR count). The average molecular weight is 574 g/mol. The Balaban J connectivity index is 1.83. The van der Waals surface area contributed by atoms with E-state index in [0.717, 1.165) is 73.1 Å². The number of aliphatic carboxylic acids is 1. The van der Waals surface area contributed by atoms with E-state index in [1.807, 2.05) is 24.0 Å². The second-order valence-corrected chi connectivity index (χ2v) is 12.8. The molecule has 1 aromatic rings. The highest BCUT2D eigenvalue weighted by molar-refractivity contribution is 5.79. The molecule has 1 saturated heterocycles. The largest absolute Gasteiger partial charge is 0.493 e. The van der Waals surface area contributed by atoms with Gasteiger partial charge in [-0.05, 0) is 49.8 Å². The molecule has 0 aromatic heterocycles. The molecule has 2 aliphatic rings. The van der Waals surface area contributed by atoms with Crippen LogP contribution in [0.4, 0.5) is 0 Å². The van der Waals surface area contributed by atoms with E-state index in [4.69, 9.17) is 4.74 Å². The minimum atomic E-state index is -0.847. The van der Waals surface area contributed by atoms with Gasteiger partial charge in [-0.1, -0.05) is 25.5 Å². The van der Waals surface area contributed by atoms with Crippen molar-refractivity contribution in [1.82, 2.24) is 14.7 Å². The maximum absolute atomic E-state index is 13.8. The lowest BCUT2D eigenvalue weighted by Crippen LogP contribution is -2.46. The first-order chi connectivity index (χ1) is 19.4. The van der Waals surface area contributed by atoms with Crippen LogP contribution in [0, 0.1) is 5.92 Å². The summed E-state index contributed by atoms with van der Waals surface area (Å²) in [5.41, 5.74) is 2.11. The van der Waals surface area contributed by atoms with E-state index in [1.165, 1.54) is 0 Å². The molecule has 1 unspecified atom stereocenters. The topological polar surface area (TPSA) is 90.4 Å². The molecule has 2 heterocycles. The van der Waals surface area contributed by atoms with Crippen molar-refractivity contribution in [2.24, 2.45) is 5.92 Å². The van der Waals surface area contributed by atoms with Gasteiger partial charge in [0.15, 0.2) is 0 Å². The van der Waals surface area contributed by atoms with Crippen LogP contribution in [0.25, 0.3) is 0 Å². The number of amides is 2. The first-order valence-corrected chi connectivity index (χ1v) is 15.5. The van der Waals surface area contributed by atoms with Crippen LogP contribution in [-0.2, 0) is 20.8 Å². The number of fused-ring (bicyclic) bond motifs is 1. The van der Waals surface area contributed by atoms with Crippen molar-refractivity contribution in [3.05, 3.63) is 29.3 Å². The zero-order valence-corrected chi connectivity index (χ0v) is 26.2. The number of carbonyl (C=O) groups is 3. The van der Waals surface area contributed by atoms with Crippen molar-refractivity contribution in [1.29, 1.82) is 0 Å². The van der Waals surface area contributed by atoms with Crippen molar-refractivity contribution < 1.29 is 28.7 Å². The molecular weight excluding hydrogens is 520 g/mol. The summed E-state index contributed by atoms with van der Waals surface area (Å²) in [4.78, 5) is 44.6. The molecule has 9 nitrogen and oxygen atoms in total. The van der Waals surface area contributed by atoms with Crippen LogP contribution >= 0.6 is 0 Å². The van der Waals surface area contributed by atoms with Gasteiger partial charge in [-0.3, -0.25) is 19.3 Å². The van der Waals surface area contributed by atoms with Gasteiger partial charge in [0.2, 0.25) is 11.8 Å². The number of hydrogen-bond acceptors (Lipinski definition) is 5. The van der Waals surface area contributed by atoms with E-state index in [-0.39, 0.29) is 30.3 Å². The molecule has 1 aromatic carbocycles. The third-order valence-electron chi connectivity index (χ3n) is 8.68. The monoisotopic (exact) mass is 573 g/mol. The summed E-state index contributed by atoms with van der Waals surface area (Å²) in [6.45, 7) is 10.5. The molecule has 2 amide bonds. The Hall–Kier alpha value is -2.65. The lowest BCUT2D eigenvalue weighted by atomic mass is 9.83. The van der Waals surface area contributed by atoms with Crippen LogP contribution in [0.5, 0.6) is 5.75 Å². The number of carbonyl (C=O) groups excluding carboxylic acids is 2. The van der Waals surface area contributed by atoms with E-state index in [9.17, 15) is 19.5 Å². The molecular formula is C32H53N4O5+. The molecule has 0 radical (unpaired) electrons. The summed E-state index contributed by atoms with van der Waals surface area (Å²) < 4.78 is 6.59. The Morgan fingerprint density at radius 2 is 1.78 bits per heavy atom. The summed E-state index contributed by atoms with van der Waals surface area (Å²) >= 11 is 0. The van der Waals surface area contributed by atoms with Gasteiger partial charge in [-0.2, -0.15) is 0 Å². The zero-order valence-electron chi connectivity index (χ0n) is 26.2. The van der Waals surface area contributed by atoms with Gasteiger partial charge >= 0.3 is 5.97 Å². The molecule has 9 heteroatoms. The Bertz CT molecular complexity index is 1040. The SMILES string of the molecule is CCCCN(CCCC[N+](C)(C)C)C(=O)CN1C[C@H](c2ccc3c(c2)CCO3)C(C(=O)O)[C@@H]1CCN(CC)C(C)=O. The third kappa shape index (κ3) is 9.17. The van der Waals surface area contributed by atoms with Gasteiger partial charge in [-0.25, -0.2) is 0 Å². The Labute approximate surface area is 247 Å². The van der Waals surface area contributed by atoms with E-state index in [2.05, 4.69) is 39.0 Å². The number of likely N-dealkylation sites (tertiary alicyclic amines) is 1. The second-order valence-electron chi connectivity index (χ2n) is 12.8. The summed E-state index contributed by atoms with van der Waals surface area (Å²) in [7, 11) is 6.55. The number of ether oxygens (including phenoxy) is 1. The van der Waals surface area contributed by atoms with Crippen molar-refractivity contribution in [2.75, 3.05) is 73.6 Å². The summed E-state index contributed by atoms with van der Waals surface area (Å²) in [6, 6.07) is 5.70. The molecule has 1 N–H and O–H groups in total. The number of carboxylic acid groups (broad SMARTS) is 1. The van der Waals surface area contributed by atoms with Gasteiger partial charge in [0.25, 0.3) is 0 Å². The van der Waals surface area contributed by atoms with Crippen molar-refractivity contribution in [2.45, 2.75) is 71.3 Å². The minimum Gasteiger partial charge on any atom is -0.493 e. The van der Waals surface area contributed by atoms with Crippen LogP contribution in [-0.4, -0.2) is 122 Å². The lowest BCUT2D eigenvalue weighted by molar-refractivity contribution is -0.870. The summed E-state index contributed by atoms with van der Waals surface area (Å²) in [5, 5.41) is 10.5. The molecule has 0 spiro atoms. The Morgan fingerprint density at radius 1 is 1.05 bits per heavy atom. The lowest BCUT2D eigenvalue weighted by Gasteiger charge is -2.31. The number of unbranched alkanes of at least 4 members (excludes halogenated alkanes) is 2. The highest BCUT2D eigenvalue weighted by Crippen LogP contribution is 2.41. The van der Waals surface area contributed by atoms with Crippen LogP contribution in [0.1, 0.15) is 69.9 Å². The van der Waals surface area contributed by atoms with Gasteiger partial charge < -0.3 is 24.1 Å². The maximum atomic E-state index is 13.8. The number of benzene rings is 1. The number of carboxylic acids is 1. The quantitative estimate of drug-likeness (QED) is 0.241. The van der Waals surface area contributed by atoms with Gasteiger partial charge in [0.1, 0.15) is 5.75 Å². The van der Waals surface area contributed by atoms with Crippen molar-refractivity contribution >= 4 is 17.8 Å². The highest BCUT2D eigenvalue weighted by Gasteiger charge is 2.47. The fraction of sp³-hybridized carbons (Fsp3) is 0.719. The predicted octanol–water partition coefficient (Wildman–Crippen LogP) is 3.46. The minimum absolute atomic E-state index is 0.0187. The third-order valence-corrected chi connectivity index (χ3v) is 8.68. The molecule has 0 saturated carbocycles. The van der Waals surface area contributed by atoms with Gasteiger partial charge in [0, 0.05) is 58.0 Å². The van der Waals surface area contributed by atoms with Crippen LogP contribution in [0.15, 0.2) is 18.2 Å². The number of rotatable bonds is 16. The number of quaternary nitrogens is 1. The van der Waals surface area contributed by atoms with E-state index in [0.29, 0.717) is 32.7 Å². The van der Waals surface area contributed by atoms with Crippen molar-refractivity contribution in [3.63, 3.8) is 0 Å².